The van der Waals surface area contributed by atoms with Gasteiger partial charge in [0.2, 0.25) is 0 Å². The van der Waals surface area contributed by atoms with E-state index in [4.69, 9.17) is 4.74 Å². The molecule has 0 spiro atoms. The zero-order chi connectivity index (χ0) is 17.4. The number of rotatable bonds is 9. The van der Waals surface area contributed by atoms with Crippen molar-refractivity contribution in [3.05, 3.63) is 71.3 Å². The monoisotopic (exact) mass is 327 g/mol. The predicted molar refractivity (Wildman–Crippen MR) is 98.9 cm³/mol. The molecule has 0 heterocycles. The van der Waals surface area contributed by atoms with E-state index in [0.29, 0.717) is 12.5 Å². The van der Waals surface area contributed by atoms with Crippen LogP contribution in [0.15, 0.2) is 54.6 Å². The topological polar surface area (TPSA) is 41.5 Å². The molecule has 0 aromatic heterocycles. The van der Waals surface area contributed by atoms with E-state index < -0.39 is 0 Å². The standard InChI is InChI=1S/C21H29NO2/c1-16(2)13-22-21(19-11-9-17(3)10-12-19)20(14-23)24-15-18-7-5-4-6-8-18/h4-12,16,20-23H,13-15H2,1-3H3/t20-,21-/m0/s1. The Kier molecular flexibility index (Phi) is 7.44. The molecule has 0 aliphatic heterocycles. The fourth-order valence-electron chi connectivity index (χ4n) is 2.63. The van der Waals surface area contributed by atoms with Gasteiger partial charge in [0.05, 0.1) is 19.3 Å². The first-order valence-corrected chi connectivity index (χ1v) is 8.66. The second kappa shape index (κ2) is 9.58. The van der Waals surface area contributed by atoms with Gasteiger partial charge >= 0.3 is 0 Å². The molecular weight excluding hydrogens is 298 g/mol. The van der Waals surface area contributed by atoms with E-state index >= 15 is 0 Å². The van der Waals surface area contributed by atoms with Gasteiger partial charge in [-0.25, -0.2) is 0 Å². The number of aliphatic hydroxyl groups excluding tert-OH is 1. The van der Waals surface area contributed by atoms with Gasteiger partial charge in [0.15, 0.2) is 0 Å². The summed E-state index contributed by atoms with van der Waals surface area (Å²) in [5, 5.41) is 13.4. The number of aliphatic hydroxyl groups is 1. The molecule has 0 amide bonds. The van der Waals surface area contributed by atoms with E-state index in [-0.39, 0.29) is 18.8 Å². The molecule has 0 saturated carbocycles. The normalized spacial score (nSPS) is 13.9. The molecule has 130 valence electrons. The Hall–Kier alpha value is -1.68. The van der Waals surface area contributed by atoms with Gasteiger partial charge in [-0.15, -0.1) is 0 Å². The quantitative estimate of drug-likeness (QED) is 0.735. The number of hydrogen-bond donors (Lipinski definition) is 2. The minimum Gasteiger partial charge on any atom is -0.394 e. The third-order valence-electron chi connectivity index (χ3n) is 4.04. The van der Waals surface area contributed by atoms with E-state index in [2.05, 4.69) is 50.4 Å². The van der Waals surface area contributed by atoms with Crippen molar-refractivity contribution < 1.29 is 9.84 Å². The van der Waals surface area contributed by atoms with Gasteiger partial charge < -0.3 is 15.2 Å². The maximum Gasteiger partial charge on any atom is 0.100 e. The highest BCUT2D eigenvalue weighted by molar-refractivity contribution is 5.25. The maximum atomic E-state index is 9.89. The van der Waals surface area contributed by atoms with Crippen LogP contribution in [0.2, 0.25) is 0 Å². The molecule has 2 N–H and O–H groups in total. The molecule has 24 heavy (non-hydrogen) atoms. The molecule has 0 unspecified atom stereocenters. The van der Waals surface area contributed by atoms with Crippen LogP contribution in [-0.2, 0) is 11.3 Å². The van der Waals surface area contributed by atoms with Crippen molar-refractivity contribution >= 4 is 0 Å². The Bertz CT molecular complexity index is 581. The second-order valence-corrected chi connectivity index (χ2v) is 6.71. The van der Waals surface area contributed by atoms with Crippen LogP contribution in [-0.4, -0.2) is 24.4 Å². The van der Waals surface area contributed by atoms with Crippen LogP contribution < -0.4 is 5.32 Å². The number of benzene rings is 2. The average molecular weight is 327 g/mol. The lowest BCUT2D eigenvalue weighted by Gasteiger charge is -2.28. The summed E-state index contributed by atoms with van der Waals surface area (Å²) in [5.74, 6) is 0.534. The molecule has 2 rings (SSSR count). The van der Waals surface area contributed by atoms with Crippen molar-refractivity contribution in [1.29, 1.82) is 0 Å². The van der Waals surface area contributed by atoms with Gasteiger partial charge in [-0.3, -0.25) is 0 Å². The van der Waals surface area contributed by atoms with E-state index in [1.54, 1.807) is 0 Å². The predicted octanol–water partition coefficient (Wildman–Crippen LogP) is 3.86. The lowest BCUT2D eigenvalue weighted by molar-refractivity contribution is -0.0211. The summed E-state index contributed by atoms with van der Waals surface area (Å²) in [7, 11) is 0. The maximum absolute atomic E-state index is 9.89. The molecule has 2 aromatic carbocycles. The van der Waals surface area contributed by atoms with Gasteiger partial charge in [0.1, 0.15) is 6.10 Å². The SMILES string of the molecule is Cc1ccc([C@H](NCC(C)C)[C@H](CO)OCc2ccccc2)cc1. The minimum absolute atomic E-state index is 0.0174. The lowest BCUT2D eigenvalue weighted by Crippen LogP contribution is -2.38. The van der Waals surface area contributed by atoms with Crippen LogP contribution in [0, 0.1) is 12.8 Å². The Morgan fingerprint density at radius 2 is 1.67 bits per heavy atom. The summed E-state index contributed by atoms with van der Waals surface area (Å²) in [6.07, 6.45) is -0.285. The lowest BCUT2D eigenvalue weighted by atomic mass is 9.99. The van der Waals surface area contributed by atoms with Crippen molar-refractivity contribution in [1.82, 2.24) is 5.32 Å². The number of nitrogens with one attached hydrogen (secondary N) is 1. The zero-order valence-electron chi connectivity index (χ0n) is 14.9. The highest BCUT2D eigenvalue weighted by Gasteiger charge is 2.23. The summed E-state index contributed by atoms with van der Waals surface area (Å²) in [6.45, 7) is 7.80. The number of hydrogen-bond acceptors (Lipinski definition) is 3. The molecule has 2 aromatic rings. The van der Waals surface area contributed by atoms with Gasteiger partial charge in [0.25, 0.3) is 0 Å². The fourth-order valence-corrected chi connectivity index (χ4v) is 2.63. The van der Waals surface area contributed by atoms with Crippen molar-refractivity contribution in [2.75, 3.05) is 13.2 Å². The summed E-state index contributed by atoms with van der Waals surface area (Å²) in [4.78, 5) is 0. The Morgan fingerprint density at radius 1 is 1.00 bits per heavy atom. The van der Waals surface area contributed by atoms with Crippen LogP contribution >= 0.6 is 0 Å². The first kappa shape index (κ1) is 18.7. The Balaban J connectivity index is 2.11. The molecule has 0 radical (unpaired) electrons. The van der Waals surface area contributed by atoms with Crippen molar-refractivity contribution in [2.24, 2.45) is 5.92 Å². The number of ether oxygens (including phenoxy) is 1. The molecule has 0 bridgehead atoms. The van der Waals surface area contributed by atoms with Crippen molar-refractivity contribution in [2.45, 2.75) is 39.5 Å². The van der Waals surface area contributed by atoms with E-state index in [9.17, 15) is 5.11 Å². The molecule has 3 heteroatoms. The summed E-state index contributed by atoms with van der Waals surface area (Å²) < 4.78 is 6.04. The number of aryl methyl sites for hydroxylation is 1. The minimum atomic E-state index is -0.285. The van der Waals surface area contributed by atoms with E-state index in [1.165, 1.54) is 5.56 Å². The van der Waals surface area contributed by atoms with Gasteiger partial charge in [-0.2, -0.15) is 0 Å². The van der Waals surface area contributed by atoms with E-state index in [0.717, 1.165) is 17.7 Å². The summed E-state index contributed by atoms with van der Waals surface area (Å²) in [6, 6.07) is 18.5. The molecule has 2 atom stereocenters. The highest BCUT2D eigenvalue weighted by Crippen LogP contribution is 2.21. The fraction of sp³-hybridized carbons (Fsp3) is 0.429. The van der Waals surface area contributed by atoms with E-state index in [1.807, 2.05) is 30.3 Å². The molecule has 0 aliphatic rings. The Labute approximate surface area is 145 Å². The van der Waals surface area contributed by atoms with Crippen LogP contribution in [0.3, 0.4) is 0 Å². The first-order chi connectivity index (χ1) is 11.6. The average Bonchev–Trinajstić information content (AvgIpc) is 2.59. The third kappa shape index (κ3) is 5.75. The first-order valence-electron chi connectivity index (χ1n) is 8.66. The van der Waals surface area contributed by atoms with Gasteiger partial charge in [-0.1, -0.05) is 74.0 Å². The molecule has 3 nitrogen and oxygen atoms in total. The largest absolute Gasteiger partial charge is 0.394 e. The van der Waals surface area contributed by atoms with Crippen LogP contribution in [0.25, 0.3) is 0 Å². The van der Waals surface area contributed by atoms with Crippen molar-refractivity contribution in [3.8, 4) is 0 Å². The van der Waals surface area contributed by atoms with Crippen LogP contribution in [0.4, 0.5) is 0 Å². The molecule has 0 aliphatic carbocycles. The van der Waals surface area contributed by atoms with Gasteiger partial charge in [-0.05, 0) is 30.5 Å². The molecule has 0 fully saturated rings. The van der Waals surface area contributed by atoms with Crippen LogP contribution in [0.1, 0.15) is 36.6 Å². The smallest absolute Gasteiger partial charge is 0.100 e. The highest BCUT2D eigenvalue weighted by atomic mass is 16.5. The van der Waals surface area contributed by atoms with Crippen LogP contribution in [0.5, 0.6) is 0 Å². The zero-order valence-corrected chi connectivity index (χ0v) is 14.9. The molecular formula is C21H29NO2. The second-order valence-electron chi connectivity index (χ2n) is 6.71. The van der Waals surface area contributed by atoms with Gasteiger partial charge in [0, 0.05) is 0 Å². The Morgan fingerprint density at radius 3 is 2.25 bits per heavy atom. The molecule has 0 saturated heterocycles. The van der Waals surface area contributed by atoms with Crippen molar-refractivity contribution in [3.63, 3.8) is 0 Å². The summed E-state index contributed by atoms with van der Waals surface area (Å²) in [5.41, 5.74) is 3.49. The third-order valence-corrected chi connectivity index (χ3v) is 4.04. The summed E-state index contributed by atoms with van der Waals surface area (Å²) >= 11 is 0.